The van der Waals surface area contributed by atoms with E-state index in [1.165, 1.54) is 5.56 Å². The van der Waals surface area contributed by atoms with Crippen molar-refractivity contribution in [3.05, 3.63) is 35.9 Å². The minimum Gasteiger partial charge on any atom is -0.376 e. The third-order valence-corrected chi connectivity index (χ3v) is 4.08. The molecule has 1 amide bonds. The summed E-state index contributed by atoms with van der Waals surface area (Å²) in [6, 6.07) is 10.4. The minimum atomic E-state index is 0.0652. The molecule has 1 aromatic carbocycles. The first-order valence-corrected chi connectivity index (χ1v) is 9.98. The number of carbonyl (C=O) groups is 1. The third kappa shape index (κ3) is 11.3. The molecule has 0 saturated heterocycles. The largest absolute Gasteiger partial charge is 0.376 e. The van der Waals surface area contributed by atoms with Crippen molar-refractivity contribution in [1.29, 1.82) is 0 Å². The lowest BCUT2D eigenvalue weighted by atomic mass is 10.2. The van der Waals surface area contributed by atoms with Crippen LogP contribution in [0.4, 0.5) is 0 Å². The minimum absolute atomic E-state index is 0.0652. The number of nitrogens with one attached hydrogen (secondary N) is 3. The van der Waals surface area contributed by atoms with E-state index >= 15 is 0 Å². The highest BCUT2D eigenvalue weighted by Crippen LogP contribution is 2.03. The summed E-state index contributed by atoms with van der Waals surface area (Å²) in [5.74, 6) is 1.12. The Hall–Kier alpha value is -2.08. The zero-order chi connectivity index (χ0) is 19.9. The van der Waals surface area contributed by atoms with Gasteiger partial charge in [0.1, 0.15) is 0 Å². The molecule has 1 aromatic rings. The first kappa shape index (κ1) is 23.0. The summed E-state index contributed by atoms with van der Waals surface area (Å²) in [5.41, 5.74) is 1.18. The van der Waals surface area contributed by atoms with Gasteiger partial charge in [0, 0.05) is 32.1 Å². The van der Waals surface area contributed by atoms with Crippen molar-refractivity contribution in [3.8, 4) is 0 Å². The van der Waals surface area contributed by atoms with Crippen molar-refractivity contribution in [1.82, 2.24) is 16.0 Å². The third-order valence-electron chi connectivity index (χ3n) is 4.08. The van der Waals surface area contributed by atoms with Gasteiger partial charge in [0.05, 0.1) is 13.2 Å². The maximum atomic E-state index is 11.8. The van der Waals surface area contributed by atoms with Gasteiger partial charge in [-0.1, -0.05) is 44.2 Å². The van der Waals surface area contributed by atoms with Crippen LogP contribution in [0, 0.1) is 5.92 Å². The van der Waals surface area contributed by atoms with Crippen molar-refractivity contribution in [2.24, 2.45) is 10.9 Å². The van der Waals surface area contributed by atoms with Crippen LogP contribution in [0.2, 0.25) is 0 Å². The standard InChI is InChI=1S/C21H36N4O2/c1-5-18(4)25-20(26)12-13-23-21(22-6-2)24-14-17(3)15-27-16-19-10-8-7-9-11-19/h7-11,17-18H,5-6,12-16H2,1-4H3,(H,25,26)(H2,22,23,24). The van der Waals surface area contributed by atoms with Crippen LogP contribution in [-0.2, 0) is 16.1 Å². The van der Waals surface area contributed by atoms with Gasteiger partial charge in [0.25, 0.3) is 0 Å². The first-order chi connectivity index (χ1) is 13.0. The van der Waals surface area contributed by atoms with Crippen molar-refractivity contribution >= 4 is 11.9 Å². The average molecular weight is 377 g/mol. The van der Waals surface area contributed by atoms with E-state index in [4.69, 9.17) is 4.74 Å². The molecule has 0 heterocycles. The number of amides is 1. The summed E-state index contributed by atoms with van der Waals surface area (Å²) >= 11 is 0. The maximum absolute atomic E-state index is 11.8. The normalized spacial score (nSPS) is 13.7. The lowest BCUT2D eigenvalue weighted by Gasteiger charge is -2.15. The molecule has 0 aliphatic heterocycles. The molecule has 0 bridgehead atoms. The summed E-state index contributed by atoms with van der Waals surface area (Å²) in [4.78, 5) is 16.4. The number of aliphatic imine (C=N–C) groups is 1. The molecule has 0 aliphatic carbocycles. The molecule has 1 rings (SSSR count). The molecule has 6 nitrogen and oxygen atoms in total. The van der Waals surface area contributed by atoms with Crippen LogP contribution in [-0.4, -0.2) is 44.1 Å². The van der Waals surface area contributed by atoms with Crippen LogP contribution in [0.15, 0.2) is 35.3 Å². The van der Waals surface area contributed by atoms with Crippen molar-refractivity contribution in [3.63, 3.8) is 0 Å². The molecule has 27 heavy (non-hydrogen) atoms. The van der Waals surface area contributed by atoms with Crippen molar-refractivity contribution in [2.45, 2.75) is 53.2 Å². The van der Waals surface area contributed by atoms with E-state index < -0.39 is 0 Å². The van der Waals surface area contributed by atoms with Gasteiger partial charge in [-0.2, -0.15) is 0 Å². The second-order valence-corrected chi connectivity index (χ2v) is 6.88. The Kier molecular flexibility index (Phi) is 11.9. The Morgan fingerprint density at radius 2 is 1.89 bits per heavy atom. The van der Waals surface area contributed by atoms with E-state index in [2.05, 4.69) is 46.9 Å². The highest BCUT2D eigenvalue weighted by Gasteiger charge is 2.07. The van der Waals surface area contributed by atoms with Crippen LogP contribution in [0.3, 0.4) is 0 Å². The van der Waals surface area contributed by atoms with Gasteiger partial charge in [-0.3, -0.25) is 9.79 Å². The second kappa shape index (κ2) is 14.0. The molecule has 2 unspecified atom stereocenters. The number of nitrogens with zero attached hydrogens (tertiary/aromatic N) is 1. The number of ether oxygens (including phenoxy) is 1. The Labute approximate surface area is 164 Å². The number of carbonyl (C=O) groups excluding carboxylic acids is 1. The molecule has 3 N–H and O–H groups in total. The number of hydrogen-bond donors (Lipinski definition) is 3. The van der Waals surface area contributed by atoms with E-state index in [0.717, 1.165) is 18.9 Å². The van der Waals surface area contributed by atoms with E-state index in [9.17, 15) is 4.79 Å². The zero-order valence-corrected chi connectivity index (χ0v) is 17.3. The highest BCUT2D eigenvalue weighted by atomic mass is 16.5. The first-order valence-electron chi connectivity index (χ1n) is 9.98. The van der Waals surface area contributed by atoms with Gasteiger partial charge in [0.15, 0.2) is 5.96 Å². The van der Waals surface area contributed by atoms with E-state index in [1.54, 1.807) is 0 Å². The van der Waals surface area contributed by atoms with Crippen LogP contribution < -0.4 is 16.0 Å². The van der Waals surface area contributed by atoms with Crippen molar-refractivity contribution < 1.29 is 9.53 Å². The second-order valence-electron chi connectivity index (χ2n) is 6.88. The summed E-state index contributed by atoms with van der Waals surface area (Å²) < 4.78 is 5.77. The monoisotopic (exact) mass is 376 g/mol. The predicted molar refractivity (Wildman–Crippen MR) is 112 cm³/mol. The fourth-order valence-electron chi connectivity index (χ4n) is 2.34. The number of hydrogen-bond acceptors (Lipinski definition) is 3. The fourth-order valence-corrected chi connectivity index (χ4v) is 2.34. The summed E-state index contributed by atoms with van der Waals surface area (Å²) in [6.07, 6.45) is 1.37. The van der Waals surface area contributed by atoms with Gasteiger partial charge < -0.3 is 20.7 Å². The van der Waals surface area contributed by atoms with Gasteiger partial charge in [-0.15, -0.1) is 0 Å². The smallest absolute Gasteiger partial charge is 0.221 e. The molecule has 0 fully saturated rings. The topological polar surface area (TPSA) is 74.8 Å². The molecule has 0 radical (unpaired) electrons. The lowest BCUT2D eigenvalue weighted by molar-refractivity contribution is -0.121. The fraction of sp³-hybridized carbons (Fsp3) is 0.619. The Bertz CT molecular complexity index is 548. The van der Waals surface area contributed by atoms with E-state index in [-0.39, 0.29) is 11.9 Å². The van der Waals surface area contributed by atoms with Crippen LogP contribution in [0.5, 0.6) is 0 Å². The molecular formula is C21H36N4O2. The molecule has 6 heteroatoms. The van der Waals surface area contributed by atoms with Crippen LogP contribution >= 0.6 is 0 Å². The van der Waals surface area contributed by atoms with E-state index in [0.29, 0.717) is 38.6 Å². The zero-order valence-electron chi connectivity index (χ0n) is 17.3. The maximum Gasteiger partial charge on any atom is 0.221 e. The quantitative estimate of drug-likeness (QED) is 0.387. The molecule has 2 atom stereocenters. The molecule has 0 aromatic heterocycles. The number of guanidine groups is 1. The Morgan fingerprint density at radius 3 is 2.56 bits per heavy atom. The molecule has 152 valence electrons. The number of rotatable bonds is 12. The Morgan fingerprint density at radius 1 is 1.15 bits per heavy atom. The Balaban J connectivity index is 2.29. The highest BCUT2D eigenvalue weighted by molar-refractivity contribution is 5.81. The predicted octanol–water partition coefficient (Wildman–Crippen LogP) is 2.70. The lowest BCUT2D eigenvalue weighted by Crippen LogP contribution is -2.40. The van der Waals surface area contributed by atoms with Gasteiger partial charge >= 0.3 is 0 Å². The summed E-state index contributed by atoms with van der Waals surface area (Å²) in [5, 5.41) is 9.40. The van der Waals surface area contributed by atoms with Gasteiger partial charge in [-0.05, 0) is 31.7 Å². The number of benzene rings is 1. The SMILES string of the molecule is CCNC(=NCC(C)COCc1ccccc1)NCCC(=O)NC(C)CC. The molecule has 0 spiro atoms. The molecule has 0 saturated carbocycles. The molecule has 0 aliphatic rings. The van der Waals surface area contributed by atoms with Crippen molar-refractivity contribution in [2.75, 3.05) is 26.2 Å². The summed E-state index contributed by atoms with van der Waals surface area (Å²) in [7, 11) is 0. The summed E-state index contributed by atoms with van der Waals surface area (Å²) in [6.45, 7) is 11.5. The van der Waals surface area contributed by atoms with E-state index in [1.807, 2.05) is 32.0 Å². The van der Waals surface area contributed by atoms with Gasteiger partial charge in [0.2, 0.25) is 5.91 Å². The van der Waals surface area contributed by atoms with Crippen LogP contribution in [0.1, 0.15) is 46.1 Å². The molecular weight excluding hydrogens is 340 g/mol. The van der Waals surface area contributed by atoms with Gasteiger partial charge in [-0.25, -0.2) is 0 Å². The van der Waals surface area contributed by atoms with Crippen LogP contribution in [0.25, 0.3) is 0 Å². The average Bonchev–Trinajstić information content (AvgIpc) is 2.66.